The van der Waals surface area contributed by atoms with Gasteiger partial charge in [-0.1, -0.05) is 6.08 Å². The lowest BCUT2D eigenvalue weighted by Gasteiger charge is -2.16. The number of rotatable bonds is 5. The molecular weight excluding hydrogens is 283 g/mol. The smallest absolute Gasteiger partial charge is 0.496 e. The summed E-state index contributed by atoms with van der Waals surface area (Å²) in [6.07, 6.45) is -2.72. The van der Waals surface area contributed by atoms with Crippen LogP contribution in [0.4, 0.5) is 13.2 Å². The summed E-state index contributed by atoms with van der Waals surface area (Å²) in [4.78, 5) is 0. The predicted octanol–water partition coefficient (Wildman–Crippen LogP) is 3.59. The molecule has 0 aromatic heterocycles. The van der Waals surface area contributed by atoms with Crippen LogP contribution in [0.15, 0.2) is 30.9 Å². The Morgan fingerprint density at radius 2 is 2.05 bits per heavy atom. The number of methoxy groups -OCH3 is 1. The fraction of sp³-hybridized carbons (Fsp3) is 0.333. The number of nitrogens with two attached hydrogens (primary N) is 1. The molecule has 0 aliphatic rings. The third kappa shape index (κ3) is 5.40. The molecule has 3 nitrogen and oxygen atoms in total. The number of halogens is 4. The van der Waals surface area contributed by atoms with E-state index in [4.69, 9.17) is 10.5 Å². The first kappa shape index (κ1) is 17.6. The fourth-order valence-electron chi connectivity index (χ4n) is 1.51. The zero-order chi connectivity index (χ0) is 13.8. The summed E-state index contributed by atoms with van der Waals surface area (Å²) in [5, 5.41) is 0. The molecule has 0 aliphatic heterocycles. The monoisotopic (exact) mass is 297 g/mol. The number of alkyl halides is 3. The highest BCUT2D eigenvalue weighted by Gasteiger charge is 2.31. The van der Waals surface area contributed by atoms with Gasteiger partial charge in [0.15, 0.2) is 0 Å². The summed E-state index contributed by atoms with van der Waals surface area (Å²) in [7, 11) is 1.42. The van der Waals surface area contributed by atoms with E-state index in [0.717, 1.165) is 0 Å². The maximum Gasteiger partial charge on any atom is 0.573 e. The van der Waals surface area contributed by atoms with Gasteiger partial charge in [-0.15, -0.1) is 32.2 Å². The standard InChI is InChI=1S/C12H14F3NO2.ClH/c1-3-4-10(16)9-7-8(18-12(13,14)15)5-6-11(9)17-2;/h3,5-7,10H,1,4,16H2,2H3;1H/t10-;/m0./s1. The van der Waals surface area contributed by atoms with Gasteiger partial charge in [0, 0.05) is 11.6 Å². The van der Waals surface area contributed by atoms with Crippen LogP contribution in [0.3, 0.4) is 0 Å². The second-order valence-corrected chi connectivity index (χ2v) is 3.58. The summed E-state index contributed by atoms with van der Waals surface area (Å²) >= 11 is 0. The molecule has 0 radical (unpaired) electrons. The van der Waals surface area contributed by atoms with Crippen LogP contribution < -0.4 is 15.2 Å². The second-order valence-electron chi connectivity index (χ2n) is 3.58. The Morgan fingerprint density at radius 1 is 1.42 bits per heavy atom. The van der Waals surface area contributed by atoms with E-state index in [-0.39, 0.29) is 18.2 Å². The van der Waals surface area contributed by atoms with E-state index in [1.54, 1.807) is 6.08 Å². The number of ether oxygens (including phenoxy) is 2. The van der Waals surface area contributed by atoms with E-state index in [0.29, 0.717) is 17.7 Å². The highest BCUT2D eigenvalue weighted by atomic mass is 35.5. The molecule has 0 fully saturated rings. The van der Waals surface area contributed by atoms with Crippen molar-refractivity contribution in [3.05, 3.63) is 36.4 Å². The second kappa shape index (κ2) is 7.25. The first-order valence-corrected chi connectivity index (χ1v) is 5.17. The maximum absolute atomic E-state index is 12.1. The first-order chi connectivity index (χ1) is 8.37. The molecule has 0 amide bonds. The van der Waals surface area contributed by atoms with E-state index in [9.17, 15) is 13.2 Å². The van der Waals surface area contributed by atoms with E-state index in [1.807, 2.05) is 0 Å². The Morgan fingerprint density at radius 3 is 2.53 bits per heavy atom. The Hall–Kier alpha value is -1.40. The molecule has 2 N–H and O–H groups in total. The van der Waals surface area contributed by atoms with Gasteiger partial charge in [0.2, 0.25) is 0 Å². The van der Waals surface area contributed by atoms with Crippen LogP contribution in [0, 0.1) is 0 Å². The Balaban J connectivity index is 0.00000324. The van der Waals surface area contributed by atoms with Crippen LogP contribution in [-0.4, -0.2) is 13.5 Å². The summed E-state index contributed by atoms with van der Waals surface area (Å²) < 4.78 is 45.2. The SMILES string of the molecule is C=CC[C@H](N)c1cc(OC(F)(F)F)ccc1OC.Cl. The van der Waals surface area contributed by atoms with Gasteiger partial charge >= 0.3 is 6.36 Å². The molecule has 19 heavy (non-hydrogen) atoms. The lowest BCUT2D eigenvalue weighted by atomic mass is 10.0. The number of benzene rings is 1. The lowest BCUT2D eigenvalue weighted by Crippen LogP contribution is -2.18. The maximum atomic E-state index is 12.1. The van der Waals surface area contributed by atoms with Crippen LogP contribution in [0.2, 0.25) is 0 Å². The number of hydrogen-bond donors (Lipinski definition) is 1. The molecule has 0 unspecified atom stereocenters. The molecule has 1 aromatic carbocycles. The Kier molecular flexibility index (Phi) is 6.72. The molecule has 7 heteroatoms. The minimum Gasteiger partial charge on any atom is -0.496 e. The van der Waals surface area contributed by atoms with Crippen molar-refractivity contribution in [1.82, 2.24) is 0 Å². The minimum absolute atomic E-state index is 0. The molecule has 108 valence electrons. The van der Waals surface area contributed by atoms with Gasteiger partial charge in [-0.3, -0.25) is 0 Å². The molecule has 1 aromatic rings. The molecule has 0 spiro atoms. The van der Waals surface area contributed by atoms with Crippen LogP contribution >= 0.6 is 12.4 Å². The molecule has 0 aliphatic carbocycles. The van der Waals surface area contributed by atoms with Crippen molar-refractivity contribution in [2.24, 2.45) is 5.73 Å². The molecule has 1 rings (SSSR count). The highest BCUT2D eigenvalue weighted by molar-refractivity contribution is 5.85. The number of hydrogen-bond acceptors (Lipinski definition) is 3. The quantitative estimate of drug-likeness (QED) is 0.845. The van der Waals surface area contributed by atoms with Crippen molar-refractivity contribution in [3.8, 4) is 11.5 Å². The molecule has 0 saturated heterocycles. The molecule has 0 heterocycles. The van der Waals surface area contributed by atoms with Crippen molar-refractivity contribution in [2.45, 2.75) is 18.8 Å². The summed E-state index contributed by atoms with van der Waals surface area (Å²) in [5.41, 5.74) is 6.27. The van der Waals surface area contributed by atoms with E-state index >= 15 is 0 Å². The molecule has 0 saturated carbocycles. The largest absolute Gasteiger partial charge is 0.573 e. The van der Waals surface area contributed by atoms with Crippen LogP contribution in [0.25, 0.3) is 0 Å². The zero-order valence-electron chi connectivity index (χ0n) is 10.2. The van der Waals surface area contributed by atoms with Crippen molar-refractivity contribution < 1.29 is 22.6 Å². The van der Waals surface area contributed by atoms with Crippen molar-refractivity contribution in [1.29, 1.82) is 0 Å². The third-order valence-electron chi connectivity index (χ3n) is 2.25. The van der Waals surface area contributed by atoms with Gasteiger partial charge < -0.3 is 15.2 Å². The topological polar surface area (TPSA) is 44.5 Å². The van der Waals surface area contributed by atoms with Crippen molar-refractivity contribution in [3.63, 3.8) is 0 Å². The van der Waals surface area contributed by atoms with Crippen LogP contribution in [0.5, 0.6) is 11.5 Å². The van der Waals surface area contributed by atoms with Gasteiger partial charge in [0.05, 0.1) is 7.11 Å². The van der Waals surface area contributed by atoms with Gasteiger partial charge in [0.25, 0.3) is 0 Å². The highest BCUT2D eigenvalue weighted by Crippen LogP contribution is 2.32. The van der Waals surface area contributed by atoms with Crippen LogP contribution in [0.1, 0.15) is 18.0 Å². The molecule has 0 bridgehead atoms. The average molecular weight is 298 g/mol. The van der Waals surface area contributed by atoms with Gasteiger partial charge in [-0.05, 0) is 24.6 Å². The Labute approximate surface area is 115 Å². The fourth-order valence-corrected chi connectivity index (χ4v) is 1.51. The van der Waals surface area contributed by atoms with E-state index in [1.165, 1.54) is 25.3 Å². The first-order valence-electron chi connectivity index (χ1n) is 5.17. The minimum atomic E-state index is -4.73. The summed E-state index contributed by atoms with van der Waals surface area (Å²) in [6.45, 7) is 3.53. The van der Waals surface area contributed by atoms with Gasteiger partial charge in [-0.2, -0.15) is 0 Å². The lowest BCUT2D eigenvalue weighted by molar-refractivity contribution is -0.274. The summed E-state index contributed by atoms with van der Waals surface area (Å²) in [6, 6.07) is 3.30. The third-order valence-corrected chi connectivity index (χ3v) is 2.25. The zero-order valence-corrected chi connectivity index (χ0v) is 11.1. The van der Waals surface area contributed by atoms with Gasteiger partial charge in [-0.25, -0.2) is 0 Å². The van der Waals surface area contributed by atoms with Crippen molar-refractivity contribution in [2.75, 3.05) is 7.11 Å². The Bertz CT molecular complexity index is 424. The summed E-state index contributed by atoms with van der Waals surface area (Å²) in [5.74, 6) is 0.0942. The predicted molar refractivity (Wildman–Crippen MR) is 68.7 cm³/mol. The van der Waals surface area contributed by atoms with Crippen LogP contribution in [-0.2, 0) is 0 Å². The normalized spacial score (nSPS) is 12.3. The molecule has 1 atom stereocenters. The average Bonchev–Trinajstić information content (AvgIpc) is 2.27. The van der Waals surface area contributed by atoms with E-state index < -0.39 is 12.4 Å². The van der Waals surface area contributed by atoms with Crippen molar-refractivity contribution >= 4 is 12.4 Å². The van der Waals surface area contributed by atoms with Gasteiger partial charge in [0.1, 0.15) is 11.5 Å². The molecular formula is C12H15ClF3NO2. The van der Waals surface area contributed by atoms with E-state index in [2.05, 4.69) is 11.3 Å².